The van der Waals surface area contributed by atoms with Crippen LogP contribution < -0.4 is 4.90 Å². The molecule has 0 amide bonds. The van der Waals surface area contributed by atoms with Crippen LogP contribution in [0.2, 0.25) is 0 Å². The monoisotopic (exact) mass is 679 g/mol. The lowest BCUT2D eigenvalue weighted by Crippen LogP contribution is -2.16. The summed E-state index contributed by atoms with van der Waals surface area (Å²) in [5.74, 6) is 0. The number of fused-ring (bicyclic) bond motifs is 6. The molecule has 0 unspecified atom stereocenters. The van der Waals surface area contributed by atoms with Gasteiger partial charge in [0.25, 0.3) is 0 Å². The Morgan fingerprint density at radius 1 is 0.377 bits per heavy atom. The van der Waals surface area contributed by atoms with Crippen LogP contribution >= 0.6 is 0 Å². The molecule has 0 bridgehead atoms. The Labute approximate surface area is 310 Å². The molecule has 1 aliphatic rings. The molecule has 10 rings (SSSR count). The largest absolute Gasteiger partial charge is 0.455 e. The van der Waals surface area contributed by atoms with E-state index in [9.17, 15) is 0 Å². The fourth-order valence-corrected chi connectivity index (χ4v) is 8.32. The number of rotatable bonds is 6. The molecule has 252 valence electrons. The smallest absolute Gasteiger partial charge is 0.143 e. The lowest BCUT2D eigenvalue weighted by molar-refractivity contribution is 0.660. The van der Waals surface area contributed by atoms with Crippen molar-refractivity contribution in [3.63, 3.8) is 0 Å². The molecule has 0 radical (unpaired) electrons. The van der Waals surface area contributed by atoms with Crippen LogP contribution in [0.25, 0.3) is 66.4 Å². The van der Waals surface area contributed by atoms with Gasteiger partial charge in [-0.2, -0.15) is 0 Å². The number of benzene rings is 8. The van der Waals surface area contributed by atoms with Gasteiger partial charge in [0.1, 0.15) is 11.2 Å². The summed E-state index contributed by atoms with van der Waals surface area (Å²) in [5, 5.41) is 2.30. The Morgan fingerprint density at radius 3 is 1.51 bits per heavy atom. The van der Waals surface area contributed by atoms with Crippen LogP contribution in [0.4, 0.5) is 17.1 Å². The zero-order chi connectivity index (χ0) is 35.5. The van der Waals surface area contributed by atoms with Gasteiger partial charge in [-0.05, 0) is 98.6 Å². The maximum absolute atomic E-state index is 6.46. The van der Waals surface area contributed by atoms with Crippen molar-refractivity contribution in [2.75, 3.05) is 4.90 Å². The van der Waals surface area contributed by atoms with E-state index >= 15 is 0 Å². The van der Waals surface area contributed by atoms with E-state index in [1.54, 1.807) is 0 Å². The van der Waals surface area contributed by atoms with Gasteiger partial charge in [0.15, 0.2) is 0 Å². The predicted molar refractivity (Wildman–Crippen MR) is 222 cm³/mol. The van der Waals surface area contributed by atoms with Gasteiger partial charge in [0, 0.05) is 38.8 Å². The highest BCUT2D eigenvalue weighted by Gasteiger charge is 2.36. The number of anilines is 3. The second-order valence-corrected chi connectivity index (χ2v) is 14.6. The Hall–Kier alpha value is -6.64. The van der Waals surface area contributed by atoms with Crippen molar-refractivity contribution in [1.29, 1.82) is 0 Å². The minimum atomic E-state index is -0.210. The first kappa shape index (κ1) is 31.1. The van der Waals surface area contributed by atoms with Crippen LogP contribution in [-0.2, 0) is 5.41 Å². The van der Waals surface area contributed by atoms with Crippen LogP contribution in [0.1, 0.15) is 25.0 Å². The van der Waals surface area contributed by atoms with E-state index in [2.05, 4.69) is 201 Å². The zero-order valence-corrected chi connectivity index (χ0v) is 29.8. The van der Waals surface area contributed by atoms with Gasteiger partial charge in [-0.15, -0.1) is 0 Å². The summed E-state index contributed by atoms with van der Waals surface area (Å²) >= 11 is 0. The molecular formula is C51H37NO. The molecule has 0 saturated heterocycles. The number of nitrogens with zero attached hydrogens (tertiary/aromatic N) is 1. The molecule has 0 aliphatic heterocycles. The third-order valence-corrected chi connectivity index (χ3v) is 11.1. The van der Waals surface area contributed by atoms with Crippen molar-refractivity contribution >= 4 is 39.0 Å². The second kappa shape index (κ2) is 12.3. The summed E-state index contributed by atoms with van der Waals surface area (Å²) in [5.41, 5.74) is 17.4. The molecule has 0 atom stereocenters. The van der Waals surface area contributed by atoms with Crippen LogP contribution in [0.3, 0.4) is 0 Å². The fraction of sp³-hybridized carbons (Fsp3) is 0.0588. The van der Waals surface area contributed by atoms with Crippen molar-refractivity contribution in [1.82, 2.24) is 0 Å². The van der Waals surface area contributed by atoms with Crippen molar-refractivity contribution in [2.24, 2.45) is 0 Å². The SMILES string of the molecule is CC1(C)c2cc(-c3cccc4c3oc3ccccc34)ccc2-c2ccc(N(c3ccc(-c4ccccc4)cc3)c3ccc(-c4ccccc4)cc3)cc21. The highest BCUT2D eigenvalue weighted by Crippen LogP contribution is 2.52. The molecular weight excluding hydrogens is 643 g/mol. The van der Waals surface area contributed by atoms with Gasteiger partial charge in [-0.1, -0.05) is 153 Å². The molecule has 53 heavy (non-hydrogen) atoms. The number of furan rings is 1. The maximum Gasteiger partial charge on any atom is 0.143 e. The van der Waals surface area contributed by atoms with E-state index in [4.69, 9.17) is 4.42 Å². The Bertz CT molecular complexity index is 2690. The number of hydrogen-bond acceptors (Lipinski definition) is 2. The van der Waals surface area contributed by atoms with E-state index in [1.807, 2.05) is 6.07 Å². The van der Waals surface area contributed by atoms with Crippen molar-refractivity contribution in [3.05, 3.63) is 199 Å². The Kier molecular flexibility index (Phi) is 7.19. The molecule has 0 saturated carbocycles. The molecule has 0 N–H and O–H groups in total. The van der Waals surface area contributed by atoms with Gasteiger partial charge < -0.3 is 9.32 Å². The minimum Gasteiger partial charge on any atom is -0.455 e. The average Bonchev–Trinajstić information content (AvgIpc) is 3.71. The first-order valence-corrected chi connectivity index (χ1v) is 18.3. The molecule has 1 aliphatic carbocycles. The summed E-state index contributed by atoms with van der Waals surface area (Å²) in [6, 6.07) is 67.8. The fourth-order valence-electron chi connectivity index (χ4n) is 8.32. The van der Waals surface area contributed by atoms with Gasteiger partial charge in [-0.25, -0.2) is 0 Å². The third-order valence-electron chi connectivity index (χ3n) is 11.1. The maximum atomic E-state index is 6.46. The first-order valence-electron chi connectivity index (χ1n) is 18.3. The Balaban J connectivity index is 1.06. The molecule has 9 aromatic rings. The second-order valence-electron chi connectivity index (χ2n) is 14.6. The molecule has 1 aromatic heterocycles. The first-order chi connectivity index (χ1) is 26.0. The zero-order valence-electron chi connectivity index (χ0n) is 29.8. The van der Waals surface area contributed by atoms with Gasteiger partial charge in [-0.3, -0.25) is 0 Å². The van der Waals surface area contributed by atoms with Gasteiger partial charge >= 0.3 is 0 Å². The highest BCUT2D eigenvalue weighted by molar-refractivity contribution is 6.09. The highest BCUT2D eigenvalue weighted by atomic mass is 16.3. The molecule has 0 spiro atoms. The van der Waals surface area contributed by atoms with E-state index in [1.165, 1.54) is 50.1 Å². The summed E-state index contributed by atoms with van der Waals surface area (Å²) in [7, 11) is 0. The lowest BCUT2D eigenvalue weighted by Gasteiger charge is -2.28. The summed E-state index contributed by atoms with van der Waals surface area (Å²) in [6.45, 7) is 4.72. The predicted octanol–water partition coefficient (Wildman–Crippen LogP) is 14.4. The number of para-hydroxylation sites is 2. The topological polar surface area (TPSA) is 16.4 Å². The minimum absolute atomic E-state index is 0.210. The van der Waals surface area contributed by atoms with Crippen molar-refractivity contribution in [2.45, 2.75) is 19.3 Å². The Morgan fingerprint density at radius 2 is 0.868 bits per heavy atom. The number of hydrogen-bond donors (Lipinski definition) is 0. The quantitative estimate of drug-likeness (QED) is 0.174. The van der Waals surface area contributed by atoms with Crippen LogP contribution in [0, 0.1) is 0 Å². The van der Waals surface area contributed by atoms with Crippen molar-refractivity contribution in [3.8, 4) is 44.5 Å². The van der Waals surface area contributed by atoms with Crippen molar-refractivity contribution < 1.29 is 4.42 Å². The molecule has 1 heterocycles. The molecule has 2 nitrogen and oxygen atoms in total. The van der Waals surface area contributed by atoms with Crippen LogP contribution in [0.15, 0.2) is 192 Å². The van der Waals surface area contributed by atoms with E-state index in [0.717, 1.165) is 44.6 Å². The molecule has 0 fully saturated rings. The van der Waals surface area contributed by atoms with Crippen LogP contribution in [0.5, 0.6) is 0 Å². The summed E-state index contributed by atoms with van der Waals surface area (Å²) in [6.07, 6.45) is 0. The summed E-state index contributed by atoms with van der Waals surface area (Å²) in [4.78, 5) is 2.39. The van der Waals surface area contributed by atoms with E-state index in [0.29, 0.717) is 0 Å². The van der Waals surface area contributed by atoms with E-state index in [-0.39, 0.29) is 5.41 Å². The normalized spacial score (nSPS) is 12.9. The van der Waals surface area contributed by atoms with E-state index < -0.39 is 0 Å². The third kappa shape index (κ3) is 5.18. The van der Waals surface area contributed by atoms with Gasteiger partial charge in [0.05, 0.1) is 0 Å². The lowest BCUT2D eigenvalue weighted by atomic mass is 9.81. The summed E-state index contributed by atoms with van der Waals surface area (Å²) < 4.78 is 6.46. The standard InChI is InChI=1S/C51H37NO/c1-51(2)47-32-38(42-17-11-18-46-45-16-9-10-19-49(45)53-50(42)46)24-30-43(47)44-31-29-41(33-48(44)51)52(39-25-20-36(21-26-39)34-12-5-3-6-13-34)40-27-22-37(23-28-40)35-14-7-4-8-15-35/h3-33H,1-2H3. The van der Waals surface area contributed by atoms with Gasteiger partial charge in [0.2, 0.25) is 0 Å². The molecule has 8 aromatic carbocycles. The molecule has 2 heteroatoms. The van der Waals surface area contributed by atoms with Crippen LogP contribution in [-0.4, -0.2) is 0 Å². The average molecular weight is 680 g/mol.